The summed E-state index contributed by atoms with van der Waals surface area (Å²) in [5, 5.41) is 14.7. The molecule has 12 aromatic carbocycles. The van der Waals surface area contributed by atoms with Crippen LogP contribution in [0.1, 0.15) is 25.0 Å². The van der Waals surface area contributed by atoms with E-state index in [2.05, 4.69) is 261 Å². The van der Waals surface area contributed by atoms with Crippen molar-refractivity contribution in [3.63, 3.8) is 0 Å². The first-order valence-electron chi connectivity index (χ1n) is 25.1. The van der Waals surface area contributed by atoms with Crippen LogP contribution < -0.4 is 0 Å². The van der Waals surface area contributed by atoms with E-state index in [1.807, 2.05) is 0 Å². The van der Waals surface area contributed by atoms with Gasteiger partial charge in [-0.1, -0.05) is 196 Å². The van der Waals surface area contributed by atoms with E-state index in [0.29, 0.717) is 0 Å². The maximum absolute atomic E-state index is 5.49. The van der Waals surface area contributed by atoms with E-state index in [4.69, 9.17) is 4.98 Å². The molecule has 0 atom stereocenters. The van der Waals surface area contributed by atoms with Gasteiger partial charge in [0.1, 0.15) is 0 Å². The van der Waals surface area contributed by atoms with Gasteiger partial charge in [-0.05, 0) is 159 Å². The van der Waals surface area contributed by atoms with E-state index < -0.39 is 0 Å². The van der Waals surface area contributed by atoms with Crippen molar-refractivity contribution >= 4 is 75.7 Å². The number of rotatable bonds is 5. The molecule has 2 aromatic heterocycles. The minimum atomic E-state index is -0.0415. The highest BCUT2D eigenvalue weighted by atomic mass is 15.0. The summed E-state index contributed by atoms with van der Waals surface area (Å²) in [7, 11) is 0. The summed E-state index contributed by atoms with van der Waals surface area (Å²) in [6.07, 6.45) is 0. The van der Waals surface area contributed by atoms with E-state index in [9.17, 15) is 0 Å². The van der Waals surface area contributed by atoms with E-state index in [0.717, 1.165) is 39.2 Å². The number of pyridine rings is 1. The van der Waals surface area contributed by atoms with Crippen molar-refractivity contribution in [1.82, 2.24) is 9.55 Å². The number of hydrogen-bond acceptors (Lipinski definition) is 1. The zero-order chi connectivity index (χ0) is 47.7. The fourth-order valence-electron chi connectivity index (χ4n) is 12.3. The Balaban J connectivity index is 1.01. The van der Waals surface area contributed by atoms with Crippen LogP contribution in [0.3, 0.4) is 0 Å². The van der Waals surface area contributed by atoms with Crippen LogP contribution in [-0.4, -0.2) is 9.55 Å². The summed E-state index contributed by atoms with van der Waals surface area (Å²) < 4.78 is 2.49. The molecule has 72 heavy (non-hydrogen) atoms. The van der Waals surface area contributed by atoms with Gasteiger partial charge in [0.15, 0.2) is 0 Å². The van der Waals surface area contributed by atoms with Gasteiger partial charge >= 0.3 is 0 Å². The summed E-state index contributed by atoms with van der Waals surface area (Å²) in [6, 6.07) is 90.2. The SMILES string of the molecule is CC1(C)c2ccccc2-c2cc(-c3ccc4c5ccccc5c5cc6c(cc5c4c3)c3cc(-c4ccccc4)ccc3n6-c3cc(-c4ccc5ccccc5c4)nc(-c4ccc5ccccc5c4)c3)ccc21. The second-order valence-corrected chi connectivity index (χ2v) is 20.3. The summed E-state index contributed by atoms with van der Waals surface area (Å²) in [5.41, 5.74) is 17.7. The highest BCUT2D eigenvalue weighted by molar-refractivity contribution is 6.29. The summed E-state index contributed by atoms with van der Waals surface area (Å²) in [5.74, 6) is 0. The quantitative estimate of drug-likeness (QED) is 0.157. The Morgan fingerprint density at radius 3 is 1.53 bits per heavy atom. The minimum absolute atomic E-state index is 0.0415. The molecule has 0 aliphatic heterocycles. The fourth-order valence-corrected chi connectivity index (χ4v) is 12.3. The van der Waals surface area contributed by atoms with Crippen molar-refractivity contribution in [2.75, 3.05) is 0 Å². The third-order valence-electron chi connectivity index (χ3n) is 15.9. The molecule has 2 heterocycles. The summed E-state index contributed by atoms with van der Waals surface area (Å²) in [4.78, 5) is 5.49. The third-order valence-corrected chi connectivity index (χ3v) is 15.9. The van der Waals surface area contributed by atoms with Crippen LogP contribution in [-0.2, 0) is 5.41 Å². The maximum atomic E-state index is 5.49. The Morgan fingerprint density at radius 2 is 0.792 bits per heavy atom. The van der Waals surface area contributed by atoms with Crippen LogP contribution >= 0.6 is 0 Å². The van der Waals surface area contributed by atoms with Crippen molar-refractivity contribution in [1.29, 1.82) is 0 Å². The average Bonchev–Trinajstić information content (AvgIpc) is 3.89. The second-order valence-electron chi connectivity index (χ2n) is 20.3. The average molecular weight is 915 g/mol. The molecule has 0 fully saturated rings. The van der Waals surface area contributed by atoms with E-state index in [-0.39, 0.29) is 5.41 Å². The van der Waals surface area contributed by atoms with Gasteiger partial charge in [0.2, 0.25) is 0 Å². The lowest BCUT2D eigenvalue weighted by Crippen LogP contribution is -2.14. The summed E-state index contributed by atoms with van der Waals surface area (Å²) in [6.45, 7) is 4.71. The Morgan fingerprint density at radius 1 is 0.292 bits per heavy atom. The van der Waals surface area contributed by atoms with Gasteiger partial charge in [0.05, 0.1) is 28.1 Å². The van der Waals surface area contributed by atoms with Gasteiger partial charge in [0.25, 0.3) is 0 Å². The molecule has 336 valence electrons. The third kappa shape index (κ3) is 6.19. The van der Waals surface area contributed by atoms with Gasteiger partial charge < -0.3 is 4.57 Å². The monoisotopic (exact) mass is 914 g/mol. The molecule has 0 amide bonds. The Bertz CT molecular complexity index is 4490. The fraction of sp³-hybridized carbons (Fsp3) is 0.0429. The number of nitrogens with zero attached hydrogens (tertiary/aromatic N) is 2. The Kier molecular flexibility index (Phi) is 8.74. The lowest BCUT2D eigenvalue weighted by atomic mass is 9.82. The van der Waals surface area contributed by atoms with Crippen molar-refractivity contribution in [2.45, 2.75) is 19.3 Å². The van der Waals surface area contributed by atoms with Gasteiger partial charge in [-0.15, -0.1) is 0 Å². The van der Waals surface area contributed by atoms with Crippen molar-refractivity contribution < 1.29 is 0 Å². The highest BCUT2D eigenvalue weighted by Gasteiger charge is 2.35. The number of aromatic nitrogens is 2. The van der Waals surface area contributed by atoms with E-state index in [1.165, 1.54) is 109 Å². The van der Waals surface area contributed by atoms with Gasteiger partial charge in [-0.25, -0.2) is 4.98 Å². The summed E-state index contributed by atoms with van der Waals surface area (Å²) >= 11 is 0. The first-order chi connectivity index (χ1) is 35.4. The molecule has 2 nitrogen and oxygen atoms in total. The maximum Gasteiger partial charge on any atom is 0.0730 e. The van der Waals surface area contributed by atoms with Crippen LogP contribution in [0.4, 0.5) is 0 Å². The lowest BCUT2D eigenvalue weighted by molar-refractivity contribution is 0.660. The number of benzene rings is 12. The molecule has 1 aliphatic rings. The Labute approximate surface area is 417 Å². The lowest BCUT2D eigenvalue weighted by Gasteiger charge is -2.21. The molecule has 0 bridgehead atoms. The molecule has 0 N–H and O–H groups in total. The predicted molar refractivity (Wildman–Crippen MR) is 305 cm³/mol. The molecule has 15 rings (SSSR count). The smallest absolute Gasteiger partial charge is 0.0730 e. The number of hydrogen-bond donors (Lipinski definition) is 0. The predicted octanol–water partition coefficient (Wildman–Crippen LogP) is 18.9. The molecule has 1 aliphatic carbocycles. The molecule has 2 heteroatoms. The number of fused-ring (bicyclic) bond motifs is 14. The standard InChI is InChI=1S/C70H46N2/c1-70(2)64-23-13-12-22-57(64)61-37-50(29-32-65(61)70)49-28-31-56-54-20-10-11-21-55(54)60-42-69-63(41-59(60)58(56)36-49)62-38-48(43-14-4-3-5-15-43)30-33-68(62)72(69)53-39-66(51-26-24-44-16-6-8-18-46(44)34-51)71-67(40-53)52-27-25-45-17-7-9-19-47(45)35-52/h3-42H,1-2H3. The van der Waals surface area contributed by atoms with Gasteiger partial charge in [0, 0.05) is 27.3 Å². The first kappa shape index (κ1) is 40.7. The second kappa shape index (κ2) is 15.4. The Hall–Kier alpha value is -9.11. The van der Waals surface area contributed by atoms with Gasteiger partial charge in [-0.3, -0.25) is 0 Å². The van der Waals surface area contributed by atoms with Crippen LogP contribution in [0.25, 0.3) is 137 Å². The van der Waals surface area contributed by atoms with Crippen molar-refractivity contribution in [3.8, 4) is 61.6 Å². The minimum Gasteiger partial charge on any atom is -0.309 e. The van der Waals surface area contributed by atoms with Crippen LogP contribution in [0.5, 0.6) is 0 Å². The largest absolute Gasteiger partial charge is 0.309 e. The highest BCUT2D eigenvalue weighted by Crippen LogP contribution is 2.50. The molecular weight excluding hydrogens is 869 g/mol. The topological polar surface area (TPSA) is 17.8 Å². The molecule has 0 spiro atoms. The molecule has 0 saturated carbocycles. The van der Waals surface area contributed by atoms with Gasteiger partial charge in [-0.2, -0.15) is 0 Å². The normalized spacial score (nSPS) is 13.0. The van der Waals surface area contributed by atoms with Crippen LogP contribution in [0, 0.1) is 0 Å². The zero-order valence-electron chi connectivity index (χ0n) is 40.0. The van der Waals surface area contributed by atoms with Crippen molar-refractivity contribution in [2.24, 2.45) is 0 Å². The van der Waals surface area contributed by atoms with E-state index >= 15 is 0 Å². The van der Waals surface area contributed by atoms with Crippen LogP contribution in [0.15, 0.2) is 243 Å². The zero-order valence-corrected chi connectivity index (χ0v) is 40.0. The molecular formula is C70H46N2. The molecule has 0 saturated heterocycles. The molecule has 0 unspecified atom stereocenters. The van der Waals surface area contributed by atoms with E-state index in [1.54, 1.807) is 0 Å². The van der Waals surface area contributed by atoms with Crippen LogP contribution in [0.2, 0.25) is 0 Å². The molecule has 0 radical (unpaired) electrons. The first-order valence-corrected chi connectivity index (χ1v) is 25.1. The molecule has 14 aromatic rings. The van der Waals surface area contributed by atoms with Crippen molar-refractivity contribution in [3.05, 3.63) is 254 Å².